The number of carbonyl (C=O) groups is 2. The van der Waals surface area contributed by atoms with E-state index in [2.05, 4.69) is 0 Å². The van der Waals surface area contributed by atoms with E-state index >= 15 is 0 Å². The molecule has 2 aromatic rings. The van der Waals surface area contributed by atoms with Crippen LogP contribution in [0.4, 0.5) is 0 Å². The molecule has 0 unspecified atom stereocenters. The predicted octanol–water partition coefficient (Wildman–Crippen LogP) is 2.85. The summed E-state index contributed by atoms with van der Waals surface area (Å²) in [5.74, 6) is -1.04. The Bertz CT molecular complexity index is 819. The van der Waals surface area contributed by atoms with Crippen LogP contribution in [-0.2, 0) is 16.0 Å². The van der Waals surface area contributed by atoms with Crippen LogP contribution in [-0.4, -0.2) is 46.2 Å². The number of benzene rings is 2. The summed E-state index contributed by atoms with van der Waals surface area (Å²) in [4.78, 5) is 26.0. The topological polar surface area (TPSA) is 77.8 Å². The van der Waals surface area contributed by atoms with Crippen LogP contribution < -0.4 is 0 Å². The van der Waals surface area contributed by atoms with Gasteiger partial charge in [0, 0.05) is 13.1 Å². The number of carboxylic acids is 1. The maximum Gasteiger partial charge on any atom is 0.312 e. The Hall–Kier alpha value is -2.40. The lowest BCUT2D eigenvalue weighted by Gasteiger charge is -2.42. The molecule has 2 atom stereocenters. The molecule has 5 heteroatoms. The third-order valence-electron chi connectivity index (χ3n) is 5.50. The molecule has 1 aliphatic heterocycles. The Morgan fingerprint density at radius 2 is 1.92 bits per heavy atom. The number of piperidine rings is 1. The molecule has 0 spiro atoms. The van der Waals surface area contributed by atoms with Gasteiger partial charge >= 0.3 is 5.97 Å². The standard InChI is InChI=1S/C21H25NO4/c1-2-9-21(20(25)26)10-11-22(14-18(21)23)19(24)13-15-7-8-16-5-3-4-6-17(16)12-15/h3-8,12,18,23H,2,9-11,13-14H2,1H3,(H,25,26)/t18-,21-/m0/s1. The number of likely N-dealkylation sites (tertiary alicyclic amines) is 1. The molecule has 5 nitrogen and oxygen atoms in total. The maximum atomic E-state index is 12.7. The van der Waals surface area contributed by atoms with E-state index in [1.165, 1.54) is 0 Å². The van der Waals surface area contributed by atoms with Crippen molar-refractivity contribution in [2.45, 2.75) is 38.7 Å². The maximum absolute atomic E-state index is 12.7. The molecule has 1 saturated heterocycles. The number of nitrogens with zero attached hydrogens (tertiary/aromatic N) is 1. The van der Waals surface area contributed by atoms with Gasteiger partial charge in [-0.1, -0.05) is 55.8 Å². The molecule has 0 saturated carbocycles. The van der Waals surface area contributed by atoms with Crippen molar-refractivity contribution in [1.82, 2.24) is 4.90 Å². The van der Waals surface area contributed by atoms with Crippen LogP contribution in [0.2, 0.25) is 0 Å². The third-order valence-corrected chi connectivity index (χ3v) is 5.50. The van der Waals surface area contributed by atoms with Crippen molar-refractivity contribution in [3.63, 3.8) is 0 Å². The highest BCUT2D eigenvalue weighted by atomic mass is 16.4. The Balaban J connectivity index is 1.70. The average molecular weight is 355 g/mol. The van der Waals surface area contributed by atoms with Gasteiger partial charge < -0.3 is 15.1 Å². The largest absolute Gasteiger partial charge is 0.481 e. The first kappa shape index (κ1) is 18.4. The van der Waals surface area contributed by atoms with Crippen molar-refractivity contribution in [1.29, 1.82) is 0 Å². The fourth-order valence-corrected chi connectivity index (χ4v) is 3.93. The molecule has 2 aromatic carbocycles. The first-order chi connectivity index (χ1) is 12.5. The average Bonchev–Trinajstić information content (AvgIpc) is 2.63. The molecule has 0 bridgehead atoms. The molecular weight excluding hydrogens is 330 g/mol. The van der Waals surface area contributed by atoms with E-state index in [0.717, 1.165) is 16.3 Å². The van der Waals surface area contributed by atoms with Gasteiger partial charge in [0.05, 0.1) is 17.9 Å². The smallest absolute Gasteiger partial charge is 0.312 e. The second kappa shape index (κ2) is 7.46. The number of hydrogen-bond acceptors (Lipinski definition) is 3. The zero-order valence-electron chi connectivity index (χ0n) is 15.0. The molecule has 1 amide bonds. The summed E-state index contributed by atoms with van der Waals surface area (Å²) in [5.41, 5.74) is -0.207. The fraction of sp³-hybridized carbons (Fsp3) is 0.429. The first-order valence-corrected chi connectivity index (χ1v) is 9.13. The van der Waals surface area contributed by atoms with Gasteiger partial charge in [0.1, 0.15) is 0 Å². The van der Waals surface area contributed by atoms with Gasteiger partial charge in [-0.25, -0.2) is 0 Å². The second-order valence-electron chi connectivity index (χ2n) is 7.18. The molecule has 0 radical (unpaired) electrons. The molecule has 1 aliphatic rings. The van der Waals surface area contributed by atoms with Gasteiger partial charge in [-0.05, 0) is 29.2 Å². The highest BCUT2D eigenvalue weighted by Gasteiger charge is 2.48. The number of carbonyl (C=O) groups excluding carboxylic acids is 1. The Kier molecular flexibility index (Phi) is 5.28. The monoisotopic (exact) mass is 355 g/mol. The molecule has 26 heavy (non-hydrogen) atoms. The molecule has 0 aliphatic carbocycles. The Morgan fingerprint density at radius 3 is 2.58 bits per heavy atom. The van der Waals surface area contributed by atoms with Crippen LogP contribution in [0, 0.1) is 5.41 Å². The third kappa shape index (κ3) is 3.44. The lowest BCUT2D eigenvalue weighted by molar-refractivity contribution is -0.167. The van der Waals surface area contributed by atoms with Crippen LogP contribution in [0.3, 0.4) is 0 Å². The number of aliphatic hydroxyl groups is 1. The highest BCUT2D eigenvalue weighted by Crippen LogP contribution is 2.37. The lowest BCUT2D eigenvalue weighted by Crippen LogP contribution is -2.56. The summed E-state index contributed by atoms with van der Waals surface area (Å²) >= 11 is 0. The Labute approximate surface area is 153 Å². The van der Waals surface area contributed by atoms with E-state index in [1.807, 2.05) is 49.4 Å². The quantitative estimate of drug-likeness (QED) is 0.864. The normalized spacial score (nSPS) is 23.2. The molecule has 1 heterocycles. The zero-order chi connectivity index (χ0) is 18.7. The summed E-state index contributed by atoms with van der Waals surface area (Å²) in [6.45, 7) is 2.36. The fourth-order valence-electron chi connectivity index (χ4n) is 3.93. The Morgan fingerprint density at radius 1 is 1.19 bits per heavy atom. The van der Waals surface area contributed by atoms with Crippen LogP contribution in [0.5, 0.6) is 0 Å². The first-order valence-electron chi connectivity index (χ1n) is 9.13. The van der Waals surface area contributed by atoms with Gasteiger partial charge in [0.15, 0.2) is 0 Å². The van der Waals surface area contributed by atoms with E-state index in [9.17, 15) is 19.8 Å². The minimum absolute atomic E-state index is 0.0742. The summed E-state index contributed by atoms with van der Waals surface area (Å²) in [6, 6.07) is 13.9. The van der Waals surface area contributed by atoms with Gasteiger partial charge in [0.25, 0.3) is 0 Å². The number of aliphatic carboxylic acids is 1. The van der Waals surface area contributed by atoms with Crippen molar-refractivity contribution in [2.24, 2.45) is 5.41 Å². The highest BCUT2D eigenvalue weighted by molar-refractivity contribution is 5.85. The zero-order valence-corrected chi connectivity index (χ0v) is 15.0. The number of rotatable bonds is 5. The predicted molar refractivity (Wildman–Crippen MR) is 99.8 cm³/mol. The summed E-state index contributed by atoms with van der Waals surface area (Å²) in [7, 11) is 0. The number of amides is 1. The molecule has 0 aromatic heterocycles. The molecule has 138 valence electrons. The van der Waals surface area contributed by atoms with Crippen LogP contribution in [0.25, 0.3) is 10.8 Å². The van der Waals surface area contributed by atoms with E-state index in [0.29, 0.717) is 25.8 Å². The van der Waals surface area contributed by atoms with Crippen molar-refractivity contribution in [3.05, 3.63) is 48.0 Å². The van der Waals surface area contributed by atoms with E-state index < -0.39 is 17.5 Å². The van der Waals surface area contributed by atoms with Crippen molar-refractivity contribution < 1.29 is 19.8 Å². The minimum Gasteiger partial charge on any atom is -0.481 e. The van der Waals surface area contributed by atoms with E-state index in [1.54, 1.807) is 4.90 Å². The molecular formula is C21H25NO4. The van der Waals surface area contributed by atoms with E-state index in [-0.39, 0.29) is 18.9 Å². The van der Waals surface area contributed by atoms with Gasteiger partial charge in [-0.15, -0.1) is 0 Å². The van der Waals surface area contributed by atoms with Crippen LogP contribution in [0.15, 0.2) is 42.5 Å². The number of hydrogen-bond donors (Lipinski definition) is 2. The molecule has 2 N–H and O–H groups in total. The van der Waals surface area contributed by atoms with Gasteiger partial charge in [-0.2, -0.15) is 0 Å². The van der Waals surface area contributed by atoms with Crippen LogP contribution in [0.1, 0.15) is 31.7 Å². The minimum atomic E-state index is -1.13. The SMILES string of the molecule is CCC[C@]1(C(=O)O)CCN(C(=O)Cc2ccc3ccccc3c2)C[C@@H]1O. The number of carboxylic acid groups (broad SMARTS) is 1. The molecule has 3 rings (SSSR count). The van der Waals surface area contributed by atoms with Gasteiger partial charge in [0.2, 0.25) is 5.91 Å². The lowest BCUT2D eigenvalue weighted by atomic mass is 9.72. The van der Waals surface area contributed by atoms with Gasteiger partial charge in [-0.3, -0.25) is 9.59 Å². The molecule has 1 fully saturated rings. The van der Waals surface area contributed by atoms with Crippen molar-refractivity contribution in [2.75, 3.05) is 13.1 Å². The summed E-state index contributed by atoms with van der Waals surface area (Å²) < 4.78 is 0. The number of β-amino-alcohol motifs (C(OH)–C–C–N with tert-alkyl or cyclic N) is 1. The van der Waals surface area contributed by atoms with E-state index in [4.69, 9.17) is 0 Å². The number of aliphatic hydroxyl groups excluding tert-OH is 1. The summed E-state index contributed by atoms with van der Waals surface area (Å²) in [6.07, 6.45) is 0.630. The van der Waals surface area contributed by atoms with Crippen molar-refractivity contribution in [3.8, 4) is 0 Å². The van der Waals surface area contributed by atoms with Crippen LogP contribution >= 0.6 is 0 Å². The summed E-state index contributed by atoms with van der Waals surface area (Å²) in [5, 5.41) is 22.3. The second-order valence-corrected chi connectivity index (χ2v) is 7.18. The number of fused-ring (bicyclic) bond motifs is 1. The van der Waals surface area contributed by atoms with Crippen molar-refractivity contribution >= 4 is 22.6 Å².